The molecule has 0 saturated carbocycles. The average molecular weight is 388 g/mol. The van der Waals surface area contributed by atoms with Crippen LogP contribution in [-0.2, 0) is 9.59 Å². The maximum atomic E-state index is 9.10. The van der Waals surface area contributed by atoms with Gasteiger partial charge in [0.25, 0.3) is 0 Å². The molecule has 29 heavy (non-hydrogen) atoms. The summed E-state index contributed by atoms with van der Waals surface area (Å²) in [6.07, 6.45) is 9.38. The molecule has 0 saturated heterocycles. The molecule has 4 rings (SSSR count). The quantitative estimate of drug-likeness (QED) is 0.518. The molecule has 0 fully saturated rings. The number of rotatable bonds is 3. The molecule has 0 bridgehead atoms. The third kappa shape index (κ3) is 4.89. The fourth-order valence-electron chi connectivity index (χ4n) is 2.53. The first-order chi connectivity index (χ1) is 14.1. The van der Waals surface area contributed by atoms with Gasteiger partial charge in [-0.3, -0.25) is 9.55 Å². The number of hydrogen-bond donors (Lipinski definition) is 2. The maximum absolute atomic E-state index is 9.10. The van der Waals surface area contributed by atoms with Gasteiger partial charge in [-0.15, -0.1) is 0 Å². The molecule has 0 spiro atoms. The second kappa shape index (κ2) is 9.05. The second-order valence-electron chi connectivity index (χ2n) is 5.71. The molecule has 0 aliphatic heterocycles. The van der Waals surface area contributed by atoms with E-state index in [0.29, 0.717) is 0 Å². The zero-order valence-corrected chi connectivity index (χ0v) is 15.1. The molecule has 0 aliphatic rings. The smallest absolute Gasteiger partial charge is 0.414 e. The van der Waals surface area contributed by atoms with Crippen molar-refractivity contribution in [3.8, 4) is 5.82 Å². The van der Waals surface area contributed by atoms with Crippen molar-refractivity contribution in [1.82, 2.24) is 19.5 Å². The number of benzene rings is 1. The van der Waals surface area contributed by atoms with E-state index in [-0.39, 0.29) is 0 Å². The fraction of sp³-hybridized carbons (Fsp3) is 0. The summed E-state index contributed by atoms with van der Waals surface area (Å²) >= 11 is 0. The van der Waals surface area contributed by atoms with E-state index in [2.05, 4.69) is 20.6 Å². The van der Waals surface area contributed by atoms with Crippen LogP contribution < -0.4 is 0 Å². The lowest BCUT2D eigenvalue weighted by Gasteiger charge is -2.05. The lowest BCUT2D eigenvalue weighted by molar-refractivity contribution is -0.159. The topological polar surface area (TPSA) is 118 Å². The van der Waals surface area contributed by atoms with Crippen LogP contribution in [0.3, 0.4) is 0 Å². The minimum Gasteiger partial charge on any atom is -0.473 e. The van der Waals surface area contributed by atoms with Crippen molar-refractivity contribution in [2.75, 3.05) is 0 Å². The Labute approximate surface area is 165 Å². The lowest BCUT2D eigenvalue weighted by atomic mass is 10.2. The summed E-state index contributed by atoms with van der Waals surface area (Å²) in [4.78, 5) is 31.4. The SMILES string of the molecule is C(=C\c1nc2ccccc2n1-c1ccccn1)/c1ccncc1.O=C(O)C(=O)O. The monoisotopic (exact) mass is 388 g/mol. The van der Waals surface area contributed by atoms with Crippen molar-refractivity contribution in [3.63, 3.8) is 0 Å². The van der Waals surface area contributed by atoms with Gasteiger partial charge >= 0.3 is 11.9 Å². The van der Waals surface area contributed by atoms with Crippen LogP contribution in [0.15, 0.2) is 73.2 Å². The van der Waals surface area contributed by atoms with Crippen molar-refractivity contribution >= 4 is 35.1 Å². The first kappa shape index (κ1) is 19.4. The van der Waals surface area contributed by atoms with Gasteiger partial charge < -0.3 is 10.2 Å². The standard InChI is InChI=1S/C19H14N4.C2H2O4/c1-2-6-17-16(5-1)22-19(9-8-15-10-13-20-14-11-15)23(17)18-7-3-4-12-21-18;3-1(4)2(5)6/h1-14H;(H,3,4)(H,5,6)/b9-8+;. The van der Waals surface area contributed by atoms with Crippen LogP contribution in [-0.4, -0.2) is 41.7 Å². The number of aromatic nitrogens is 4. The Bertz CT molecular complexity index is 1140. The molecular weight excluding hydrogens is 372 g/mol. The number of carboxylic acids is 2. The van der Waals surface area contributed by atoms with Gasteiger partial charge in [-0.1, -0.05) is 24.3 Å². The highest BCUT2D eigenvalue weighted by molar-refractivity contribution is 6.27. The number of carbonyl (C=O) groups is 2. The van der Waals surface area contributed by atoms with Gasteiger partial charge in [0.2, 0.25) is 0 Å². The second-order valence-corrected chi connectivity index (χ2v) is 5.71. The Morgan fingerprint density at radius 3 is 2.17 bits per heavy atom. The van der Waals surface area contributed by atoms with E-state index < -0.39 is 11.9 Å². The highest BCUT2D eigenvalue weighted by Crippen LogP contribution is 2.21. The maximum Gasteiger partial charge on any atom is 0.414 e. The molecule has 3 heterocycles. The van der Waals surface area contributed by atoms with Crippen LogP contribution in [0, 0.1) is 0 Å². The summed E-state index contributed by atoms with van der Waals surface area (Å²) in [5, 5.41) is 14.8. The number of imidazole rings is 1. The number of hydrogen-bond acceptors (Lipinski definition) is 5. The Morgan fingerprint density at radius 2 is 1.52 bits per heavy atom. The van der Waals surface area contributed by atoms with Crippen molar-refractivity contribution in [3.05, 3.63) is 84.6 Å². The van der Waals surface area contributed by atoms with Crippen LogP contribution in [0.4, 0.5) is 0 Å². The first-order valence-electron chi connectivity index (χ1n) is 8.49. The van der Waals surface area contributed by atoms with Gasteiger partial charge in [-0.2, -0.15) is 0 Å². The highest BCUT2D eigenvalue weighted by Gasteiger charge is 2.10. The molecule has 8 heteroatoms. The van der Waals surface area contributed by atoms with E-state index in [9.17, 15) is 0 Å². The molecule has 0 atom stereocenters. The summed E-state index contributed by atoms with van der Waals surface area (Å²) in [5.41, 5.74) is 3.08. The Kier molecular flexibility index (Phi) is 6.06. The van der Waals surface area contributed by atoms with Gasteiger partial charge in [-0.05, 0) is 48.0 Å². The first-order valence-corrected chi connectivity index (χ1v) is 8.49. The number of fused-ring (bicyclic) bond motifs is 1. The number of para-hydroxylation sites is 2. The molecular formula is C21H16N4O4. The van der Waals surface area contributed by atoms with Crippen molar-refractivity contribution in [2.24, 2.45) is 0 Å². The van der Waals surface area contributed by atoms with Crippen LogP contribution in [0.5, 0.6) is 0 Å². The van der Waals surface area contributed by atoms with Gasteiger partial charge in [-0.25, -0.2) is 19.6 Å². The highest BCUT2D eigenvalue weighted by atomic mass is 16.4. The third-order valence-electron chi connectivity index (χ3n) is 3.78. The Hall–Kier alpha value is -4.33. The van der Waals surface area contributed by atoms with E-state index in [0.717, 1.165) is 28.2 Å². The normalized spacial score (nSPS) is 10.5. The van der Waals surface area contributed by atoms with Crippen LogP contribution >= 0.6 is 0 Å². The molecule has 4 aromatic rings. The minimum atomic E-state index is -1.82. The summed E-state index contributed by atoms with van der Waals surface area (Å²) in [5.74, 6) is -1.94. The van der Waals surface area contributed by atoms with E-state index in [1.165, 1.54) is 0 Å². The van der Waals surface area contributed by atoms with E-state index in [1.807, 2.05) is 60.7 Å². The fourth-order valence-corrected chi connectivity index (χ4v) is 2.53. The van der Waals surface area contributed by atoms with Gasteiger partial charge in [0, 0.05) is 18.6 Å². The molecule has 1 aromatic carbocycles. The average Bonchev–Trinajstić information content (AvgIpc) is 3.12. The number of carboxylic acid groups (broad SMARTS) is 2. The molecule has 144 valence electrons. The van der Waals surface area contributed by atoms with Crippen molar-refractivity contribution < 1.29 is 19.8 Å². The minimum absolute atomic E-state index is 0.849. The summed E-state index contributed by atoms with van der Waals surface area (Å²) in [6.45, 7) is 0. The molecule has 2 N–H and O–H groups in total. The van der Waals surface area contributed by atoms with E-state index >= 15 is 0 Å². The number of pyridine rings is 2. The third-order valence-corrected chi connectivity index (χ3v) is 3.78. The number of aliphatic carboxylic acids is 2. The predicted molar refractivity (Wildman–Crippen MR) is 107 cm³/mol. The van der Waals surface area contributed by atoms with Crippen molar-refractivity contribution in [2.45, 2.75) is 0 Å². The molecule has 0 radical (unpaired) electrons. The largest absolute Gasteiger partial charge is 0.473 e. The van der Waals surface area contributed by atoms with Crippen LogP contribution in [0.1, 0.15) is 11.4 Å². The molecule has 0 amide bonds. The predicted octanol–water partition coefficient (Wildman–Crippen LogP) is 3.14. The van der Waals surface area contributed by atoms with E-state index in [1.54, 1.807) is 18.6 Å². The summed E-state index contributed by atoms with van der Waals surface area (Å²) in [7, 11) is 0. The molecule has 3 aromatic heterocycles. The van der Waals surface area contributed by atoms with Crippen LogP contribution in [0.25, 0.3) is 29.0 Å². The van der Waals surface area contributed by atoms with Crippen LogP contribution in [0.2, 0.25) is 0 Å². The molecule has 8 nitrogen and oxygen atoms in total. The lowest BCUT2D eigenvalue weighted by Crippen LogP contribution is -2.09. The van der Waals surface area contributed by atoms with E-state index in [4.69, 9.17) is 24.8 Å². The molecule has 0 aliphatic carbocycles. The zero-order chi connectivity index (χ0) is 20.6. The zero-order valence-electron chi connectivity index (χ0n) is 15.1. The van der Waals surface area contributed by atoms with Gasteiger partial charge in [0.05, 0.1) is 11.0 Å². The Balaban J connectivity index is 0.000000353. The van der Waals surface area contributed by atoms with Gasteiger partial charge in [0.1, 0.15) is 11.6 Å². The Morgan fingerprint density at radius 1 is 0.828 bits per heavy atom. The number of nitrogens with zero attached hydrogens (tertiary/aromatic N) is 4. The summed E-state index contributed by atoms with van der Waals surface area (Å²) < 4.78 is 2.06. The van der Waals surface area contributed by atoms with Crippen molar-refractivity contribution in [1.29, 1.82) is 0 Å². The molecule has 0 unspecified atom stereocenters. The summed E-state index contributed by atoms with van der Waals surface area (Å²) in [6, 6.07) is 17.9. The van der Waals surface area contributed by atoms with Gasteiger partial charge in [0.15, 0.2) is 0 Å².